The molecule has 1 aliphatic heterocycles. The molecular formula is C17H29N2O9P. The third-order valence-corrected chi connectivity index (χ3v) is 6.99. The van der Waals surface area contributed by atoms with Gasteiger partial charge in [0, 0.05) is 26.7 Å². The van der Waals surface area contributed by atoms with Crippen LogP contribution in [0.3, 0.4) is 0 Å². The van der Waals surface area contributed by atoms with Gasteiger partial charge in [-0.15, -0.1) is 0 Å². The number of aryl methyl sites for hydroxylation is 1. The minimum absolute atomic E-state index is 0.000389. The predicted molar refractivity (Wildman–Crippen MR) is 102 cm³/mol. The summed E-state index contributed by atoms with van der Waals surface area (Å²) < 4.78 is 25.1. The van der Waals surface area contributed by atoms with Crippen LogP contribution in [0.2, 0.25) is 0 Å². The van der Waals surface area contributed by atoms with Crippen LogP contribution in [0.4, 0.5) is 0 Å². The molecule has 1 saturated heterocycles. The maximum absolute atomic E-state index is 12.4. The predicted octanol–water partition coefficient (Wildman–Crippen LogP) is -0.655. The third-order valence-electron chi connectivity index (χ3n) is 5.35. The van der Waals surface area contributed by atoms with Crippen LogP contribution in [0, 0.1) is 0 Å². The summed E-state index contributed by atoms with van der Waals surface area (Å²) in [6, 6.07) is 0. The van der Waals surface area contributed by atoms with E-state index in [1.165, 1.54) is 27.2 Å². The number of aliphatic hydroxyl groups excluding tert-OH is 3. The Morgan fingerprint density at radius 1 is 1.31 bits per heavy atom. The Kier molecular flexibility index (Phi) is 6.96. The summed E-state index contributed by atoms with van der Waals surface area (Å²) >= 11 is 0. The lowest BCUT2D eigenvalue weighted by atomic mass is 9.92. The van der Waals surface area contributed by atoms with Gasteiger partial charge in [-0.2, -0.15) is 0 Å². The van der Waals surface area contributed by atoms with Crippen LogP contribution in [0.25, 0.3) is 0 Å². The van der Waals surface area contributed by atoms with Crippen LogP contribution >= 0.6 is 7.60 Å². The van der Waals surface area contributed by atoms with Crippen molar-refractivity contribution >= 4 is 7.60 Å². The van der Waals surface area contributed by atoms with E-state index in [2.05, 4.69) is 0 Å². The molecule has 2 rings (SSSR count). The van der Waals surface area contributed by atoms with Gasteiger partial charge in [0.05, 0.1) is 17.3 Å². The van der Waals surface area contributed by atoms with Gasteiger partial charge in [-0.3, -0.25) is 13.9 Å². The van der Waals surface area contributed by atoms with Crippen LogP contribution in [-0.2, 0) is 27.9 Å². The number of rotatable bonds is 7. The molecule has 1 aromatic rings. The lowest BCUT2D eigenvalue weighted by Crippen LogP contribution is -2.40. The SMILES string of the molecule is CC[C@](C)(C[C@H]1O[C@@H](c2cn(C)c(=O)n(C)c2=O)[C@H](O)[C@@H]1O)OP(=O)(O)[C@@H](C)O. The average molecular weight is 436 g/mol. The van der Waals surface area contributed by atoms with Crippen molar-refractivity contribution in [3.63, 3.8) is 0 Å². The third kappa shape index (κ3) is 4.72. The van der Waals surface area contributed by atoms with E-state index in [0.717, 1.165) is 16.1 Å². The fourth-order valence-corrected chi connectivity index (χ4v) is 4.26. The molecule has 0 aliphatic carbocycles. The van der Waals surface area contributed by atoms with E-state index in [1.807, 2.05) is 0 Å². The van der Waals surface area contributed by atoms with E-state index in [9.17, 15) is 34.4 Å². The number of nitrogens with zero attached hydrogens (tertiary/aromatic N) is 2. The van der Waals surface area contributed by atoms with Crippen molar-refractivity contribution in [3.8, 4) is 0 Å². The molecule has 1 unspecified atom stereocenters. The molecule has 4 N–H and O–H groups in total. The van der Waals surface area contributed by atoms with Gasteiger partial charge >= 0.3 is 13.3 Å². The van der Waals surface area contributed by atoms with Crippen molar-refractivity contribution in [3.05, 3.63) is 32.6 Å². The maximum atomic E-state index is 12.4. The summed E-state index contributed by atoms with van der Waals surface area (Å²) in [6.07, 6.45) is -3.65. The fourth-order valence-electron chi connectivity index (χ4n) is 3.27. The van der Waals surface area contributed by atoms with Gasteiger partial charge in [0.15, 0.2) is 5.85 Å². The van der Waals surface area contributed by atoms with Crippen molar-refractivity contribution in [2.75, 3.05) is 0 Å². The Bertz CT molecular complexity index is 911. The van der Waals surface area contributed by atoms with E-state index < -0.39 is 54.7 Å². The molecule has 29 heavy (non-hydrogen) atoms. The van der Waals surface area contributed by atoms with E-state index in [4.69, 9.17) is 9.26 Å². The molecule has 7 atom stereocenters. The highest BCUT2D eigenvalue weighted by molar-refractivity contribution is 7.53. The van der Waals surface area contributed by atoms with Gasteiger partial charge in [-0.1, -0.05) is 6.92 Å². The van der Waals surface area contributed by atoms with E-state index in [0.29, 0.717) is 0 Å². The number of aliphatic hydroxyl groups is 3. The van der Waals surface area contributed by atoms with Gasteiger partial charge in [-0.05, 0) is 20.3 Å². The quantitative estimate of drug-likeness (QED) is 0.407. The topological polar surface area (TPSA) is 160 Å². The minimum atomic E-state index is -4.33. The van der Waals surface area contributed by atoms with Gasteiger partial charge in [0.25, 0.3) is 5.56 Å². The Morgan fingerprint density at radius 3 is 2.41 bits per heavy atom. The van der Waals surface area contributed by atoms with Gasteiger partial charge < -0.3 is 34.0 Å². The molecule has 0 bridgehead atoms. The minimum Gasteiger partial charge on any atom is -0.388 e. The zero-order valence-corrected chi connectivity index (χ0v) is 17.9. The van der Waals surface area contributed by atoms with E-state index in [-0.39, 0.29) is 18.4 Å². The fraction of sp³-hybridized carbons (Fsp3) is 0.765. The van der Waals surface area contributed by atoms with Crippen LogP contribution < -0.4 is 11.2 Å². The smallest absolute Gasteiger partial charge is 0.356 e. The molecule has 1 aromatic heterocycles. The van der Waals surface area contributed by atoms with Crippen molar-refractivity contribution in [1.29, 1.82) is 0 Å². The molecule has 0 radical (unpaired) electrons. The Hall–Kier alpha value is -1.33. The van der Waals surface area contributed by atoms with Crippen LogP contribution in [0.1, 0.15) is 45.3 Å². The highest BCUT2D eigenvalue weighted by Gasteiger charge is 2.48. The number of ether oxygens (including phenoxy) is 1. The summed E-state index contributed by atoms with van der Waals surface area (Å²) in [5.41, 5.74) is -2.46. The van der Waals surface area contributed by atoms with Gasteiger partial charge in [0.1, 0.15) is 18.3 Å². The zero-order chi connectivity index (χ0) is 22.3. The van der Waals surface area contributed by atoms with E-state index in [1.54, 1.807) is 6.92 Å². The number of aromatic nitrogens is 2. The molecule has 0 saturated carbocycles. The average Bonchev–Trinajstić information content (AvgIpc) is 2.90. The van der Waals surface area contributed by atoms with Crippen LogP contribution in [0.5, 0.6) is 0 Å². The molecule has 1 fully saturated rings. The molecule has 0 spiro atoms. The summed E-state index contributed by atoms with van der Waals surface area (Å²) in [6.45, 7) is 4.35. The molecule has 0 aromatic carbocycles. The first-order valence-corrected chi connectivity index (χ1v) is 10.9. The second-order valence-electron chi connectivity index (χ2n) is 7.71. The summed E-state index contributed by atoms with van der Waals surface area (Å²) in [5, 5.41) is 30.4. The normalized spacial score (nSPS) is 30.0. The Morgan fingerprint density at radius 2 is 1.90 bits per heavy atom. The molecule has 1 aliphatic rings. The molecule has 2 heterocycles. The number of hydrogen-bond acceptors (Lipinski definition) is 8. The van der Waals surface area contributed by atoms with Crippen molar-refractivity contribution in [2.24, 2.45) is 14.1 Å². The second-order valence-corrected chi connectivity index (χ2v) is 9.77. The van der Waals surface area contributed by atoms with Crippen LogP contribution in [0.15, 0.2) is 15.8 Å². The first kappa shape index (κ1) is 23.9. The maximum Gasteiger partial charge on any atom is 0.356 e. The van der Waals surface area contributed by atoms with Crippen molar-refractivity contribution in [2.45, 2.75) is 69.5 Å². The van der Waals surface area contributed by atoms with Crippen molar-refractivity contribution in [1.82, 2.24) is 9.13 Å². The number of hydrogen-bond donors (Lipinski definition) is 4. The molecular weight excluding hydrogens is 407 g/mol. The standard InChI is InChI=1S/C17H29N2O9P/c1-6-17(3,28-29(25,26)9(2)20)7-11-12(21)13(22)14(27-11)10-8-18(4)16(24)19(5)15(10)23/h8-9,11-14,20-22H,6-7H2,1-5H3,(H,25,26)/t9-,11+,12+,13+,14-,17+/m0/s1. The van der Waals surface area contributed by atoms with Crippen LogP contribution in [-0.4, -0.2) is 59.1 Å². The lowest BCUT2D eigenvalue weighted by molar-refractivity contribution is -0.0494. The first-order valence-electron chi connectivity index (χ1n) is 9.23. The lowest BCUT2D eigenvalue weighted by Gasteiger charge is -2.34. The molecule has 11 nitrogen and oxygen atoms in total. The molecule has 166 valence electrons. The second kappa shape index (κ2) is 8.43. The highest BCUT2D eigenvalue weighted by Crippen LogP contribution is 2.52. The summed E-state index contributed by atoms with van der Waals surface area (Å²) in [4.78, 5) is 34.2. The largest absolute Gasteiger partial charge is 0.388 e. The zero-order valence-electron chi connectivity index (χ0n) is 17.1. The van der Waals surface area contributed by atoms with Gasteiger partial charge in [-0.25, -0.2) is 4.79 Å². The summed E-state index contributed by atoms with van der Waals surface area (Å²) in [7, 11) is -1.60. The molecule has 0 amide bonds. The molecule has 12 heteroatoms. The Balaban J connectivity index is 2.31. The van der Waals surface area contributed by atoms with Crippen molar-refractivity contribution < 1.29 is 34.0 Å². The van der Waals surface area contributed by atoms with E-state index >= 15 is 0 Å². The first-order chi connectivity index (χ1) is 13.2. The Labute approximate surface area is 167 Å². The highest BCUT2D eigenvalue weighted by atomic mass is 31.2. The summed E-state index contributed by atoms with van der Waals surface area (Å²) in [5.74, 6) is -1.60. The van der Waals surface area contributed by atoms with Gasteiger partial charge in [0.2, 0.25) is 0 Å². The monoisotopic (exact) mass is 436 g/mol.